The summed E-state index contributed by atoms with van der Waals surface area (Å²) in [6.07, 6.45) is 8.07. The molecule has 34 heavy (non-hydrogen) atoms. The summed E-state index contributed by atoms with van der Waals surface area (Å²) in [6, 6.07) is 9.35. The number of nitrogens with one attached hydrogen (secondary N) is 1. The molecule has 6 heteroatoms. The number of carbonyl (C=O) groups excluding carboxylic acids is 2. The number of hydrogen-bond donors (Lipinski definition) is 1. The molecule has 1 aromatic carbocycles. The zero-order chi connectivity index (χ0) is 24.9. The monoisotopic (exact) mass is 467 g/mol. The van der Waals surface area contributed by atoms with E-state index in [-0.39, 0.29) is 17.9 Å². The molecule has 1 aliphatic heterocycles. The Morgan fingerprint density at radius 3 is 2.32 bits per heavy atom. The van der Waals surface area contributed by atoms with E-state index >= 15 is 0 Å². The Labute approximate surface area is 205 Å². The normalized spacial score (nSPS) is 24.7. The van der Waals surface area contributed by atoms with Gasteiger partial charge < -0.3 is 10.1 Å². The third-order valence-corrected chi connectivity index (χ3v) is 7.19. The van der Waals surface area contributed by atoms with Gasteiger partial charge in [-0.05, 0) is 76.3 Å². The second-order valence-electron chi connectivity index (χ2n) is 11.2. The van der Waals surface area contributed by atoms with Crippen molar-refractivity contribution in [2.45, 2.75) is 116 Å². The van der Waals surface area contributed by atoms with Crippen LogP contribution in [0.25, 0.3) is 0 Å². The third-order valence-electron chi connectivity index (χ3n) is 7.19. The van der Waals surface area contributed by atoms with E-state index in [1.807, 2.05) is 34.6 Å². The maximum Gasteiger partial charge on any atom is 0.411 e. The van der Waals surface area contributed by atoms with Crippen LogP contribution in [0, 0.1) is 17.2 Å². The van der Waals surface area contributed by atoms with Gasteiger partial charge in [0.2, 0.25) is 5.91 Å². The molecular weight excluding hydrogens is 426 g/mol. The highest BCUT2D eigenvalue weighted by atomic mass is 16.6. The molecule has 0 spiro atoms. The van der Waals surface area contributed by atoms with Gasteiger partial charge in [-0.1, -0.05) is 50.5 Å². The highest BCUT2D eigenvalue weighted by Gasteiger charge is 2.42. The second kappa shape index (κ2) is 11.3. The summed E-state index contributed by atoms with van der Waals surface area (Å²) in [5.41, 5.74) is 1.76. The van der Waals surface area contributed by atoms with Gasteiger partial charge in [-0.3, -0.25) is 9.69 Å². The first kappa shape index (κ1) is 26.1. The SMILES string of the molecule is C[C@@H]1CC[C@H](C)N(C(=O)OC(C)(C)C)[C@@H]1C(=O)N[C@H](C#N)Cc1ccc(C2CCCCC2)cc1. The molecule has 3 rings (SSSR count). The number of hydrogen-bond acceptors (Lipinski definition) is 4. The Kier molecular flexibility index (Phi) is 8.62. The molecule has 0 aromatic heterocycles. The number of benzene rings is 1. The van der Waals surface area contributed by atoms with Crippen LogP contribution < -0.4 is 5.32 Å². The Morgan fingerprint density at radius 2 is 1.74 bits per heavy atom. The lowest BCUT2D eigenvalue weighted by atomic mass is 9.84. The fraction of sp³-hybridized carbons (Fsp3) is 0.679. The summed E-state index contributed by atoms with van der Waals surface area (Å²) < 4.78 is 5.61. The van der Waals surface area contributed by atoms with Crippen molar-refractivity contribution in [3.05, 3.63) is 35.4 Å². The van der Waals surface area contributed by atoms with Crippen molar-refractivity contribution in [3.63, 3.8) is 0 Å². The van der Waals surface area contributed by atoms with E-state index in [4.69, 9.17) is 4.74 Å². The van der Waals surface area contributed by atoms with E-state index in [0.29, 0.717) is 12.3 Å². The van der Waals surface area contributed by atoms with Gasteiger partial charge in [0.1, 0.15) is 17.7 Å². The third kappa shape index (κ3) is 6.74. The summed E-state index contributed by atoms with van der Waals surface area (Å²) in [7, 11) is 0. The molecule has 2 aliphatic rings. The van der Waals surface area contributed by atoms with Crippen LogP contribution in [-0.2, 0) is 16.0 Å². The van der Waals surface area contributed by atoms with Crippen LogP contribution >= 0.6 is 0 Å². The standard InChI is InChI=1S/C28H41N3O3/c1-19-11-12-20(2)31(27(33)34-28(3,4)5)25(19)26(32)30-24(18-29)17-21-13-15-23(16-14-21)22-9-7-6-8-10-22/h13-16,19-20,22,24-25H,6-12,17H2,1-5H3,(H,30,32)/t19-,20+,24+,25+/m1/s1. The summed E-state index contributed by atoms with van der Waals surface area (Å²) in [5, 5.41) is 12.7. The first-order valence-corrected chi connectivity index (χ1v) is 12.9. The van der Waals surface area contributed by atoms with Crippen LogP contribution in [0.5, 0.6) is 0 Å². The number of carbonyl (C=O) groups is 2. The quantitative estimate of drug-likeness (QED) is 0.601. The number of piperidine rings is 1. The van der Waals surface area contributed by atoms with Crippen LogP contribution in [0.3, 0.4) is 0 Å². The van der Waals surface area contributed by atoms with Crippen LogP contribution in [0.2, 0.25) is 0 Å². The van der Waals surface area contributed by atoms with Crippen molar-refractivity contribution >= 4 is 12.0 Å². The van der Waals surface area contributed by atoms with E-state index in [0.717, 1.165) is 18.4 Å². The molecule has 1 aromatic rings. The number of ether oxygens (including phenoxy) is 1. The molecule has 1 saturated heterocycles. The molecule has 1 heterocycles. The van der Waals surface area contributed by atoms with Gasteiger partial charge in [-0.25, -0.2) is 4.79 Å². The second-order valence-corrected chi connectivity index (χ2v) is 11.2. The Balaban J connectivity index is 1.67. The van der Waals surface area contributed by atoms with Gasteiger partial charge in [0, 0.05) is 12.5 Å². The van der Waals surface area contributed by atoms with Crippen molar-refractivity contribution in [2.24, 2.45) is 5.92 Å². The summed E-state index contributed by atoms with van der Waals surface area (Å²) in [6.45, 7) is 9.40. The largest absolute Gasteiger partial charge is 0.444 e. The highest BCUT2D eigenvalue weighted by molar-refractivity contribution is 5.87. The van der Waals surface area contributed by atoms with Gasteiger partial charge in [0.05, 0.1) is 6.07 Å². The predicted octanol–water partition coefficient (Wildman–Crippen LogP) is 5.71. The molecule has 1 saturated carbocycles. The fourth-order valence-corrected chi connectivity index (χ4v) is 5.33. The maximum atomic E-state index is 13.3. The smallest absolute Gasteiger partial charge is 0.411 e. The summed E-state index contributed by atoms with van der Waals surface area (Å²) in [5.74, 6) is 0.344. The van der Waals surface area contributed by atoms with Gasteiger partial charge in [0.25, 0.3) is 0 Å². The van der Waals surface area contributed by atoms with Crippen LogP contribution in [0.1, 0.15) is 96.6 Å². The number of amides is 2. The molecule has 2 amide bonds. The van der Waals surface area contributed by atoms with Crippen molar-refractivity contribution in [1.82, 2.24) is 10.2 Å². The van der Waals surface area contributed by atoms with E-state index in [2.05, 4.69) is 35.7 Å². The number of nitrogens with zero attached hydrogens (tertiary/aromatic N) is 2. The van der Waals surface area contributed by atoms with E-state index in [1.165, 1.54) is 37.7 Å². The average Bonchev–Trinajstić information content (AvgIpc) is 2.79. The average molecular weight is 468 g/mol. The predicted molar refractivity (Wildman–Crippen MR) is 133 cm³/mol. The molecule has 4 atom stereocenters. The van der Waals surface area contributed by atoms with Gasteiger partial charge >= 0.3 is 6.09 Å². The lowest BCUT2D eigenvalue weighted by Gasteiger charge is -2.43. The Bertz CT molecular complexity index is 878. The first-order valence-electron chi connectivity index (χ1n) is 12.9. The number of likely N-dealkylation sites (tertiary alicyclic amines) is 1. The van der Waals surface area contributed by atoms with Gasteiger partial charge in [-0.15, -0.1) is 0 Å². The van der Waals surface area contributed by atoms with Gasteiger partial charge in [-0.2, -0.15) is 5.26 Å². The molecule has 1 aliphatic carbocycles. The minimum Gasteiger partial charge on any atom is -0.444 e. The lowest BCUT2D eigenvalue weighted by molar-refractivity contribution is -0.131. The molecule has 0 bridgehead atoms. The van der Waals surface area contributed by atoms with Crippen LogP contribution in [-0.4, -0.2) is 40.6 Å². The van der Waals surface area contributed by atoms with Crippen LogP contribution in [0.4, 0.5) is 4.79 Å². The Morgan fingerprint density at radius 1 is 1.09 bits per heavy atom. The van der Waals surface area contributed by atoms with Crippen molar-refractivity contribution in [2.75, 3.05) is 0 Å². The first-order chi connectivity index (χ1) is 16.1. The molecule has 186 valence electrons. The molecule has 1 N–H and O–H groups in total. The zero-order valence-corrected chi connectivity index (χ0v) is 21.5. The van der Waals surface area contributed by atoms with Crippen molar-refractivity contribution < 1.29 is 14.3 Å². The van der Waals surface area contributed by atoms with E-state index < -0.39 is 23.8 Å². The van der Waals surface area contributed by atoms with Crippen molar-refractivity contribution in [1.29, 1.82) is 5.26 Å². The minimum atomic E-state index is -0.655. The minimum absolute atomic E-state index is 0.0159. The van der Waals surface area contributed by atoms with Gasteiger partial charge in [0.15, 0.2) is 0 Å². The fourth-order valence-electron chi connectivity index (χ4n) is 5.33. The molecule has 6 nitrogen and oxygen atoms in total. The molecule has 0 radical (unpaired) electrons. The number of rotatable bonds is 5. The van der Waals surface area contributed by atoms with E-state index in [1.54, 1.807) is 4.90 Å². The zero-order valence-electron chi connectivity index (χ0n) is 21.5. The maximum absolute atomic E-state index is 13.3. The van der Waals surface area contributed by atoms with E-state index in [9.17, 15) is 14.9 Å². The van der Waals surface area contributed by atoms with Crippen LogP contribution in [0.15, 0.2) is 24.3 Å². The van der Waals surface area contributed by atoms with Crippen molar-refractivity contribution in [3.8, 4) is 6.07 Å². The molecule has 0 unspecified atom stereocenters. The Hall–Kier alpha value is -2.55. The topological polar surface area (TPSA) is 82.4 Å². The molecular formula is C28H41N3O3. The highest BCUT2D eigenvalue weighted by Crippen LogP contribution is 2.33. The molecule has 2 fully saturated rings. The summed E-state index contributed by atoms with van der Waals surface area (Å²) in [4.78, 5) is 27.9. The summed E-state index contributed by atoms with van der Waals surface area (Å²) >= 11 is 0. The number of nitriles is 1. The lowest BCUT2D eigenvalue weighted by Crippen LogP contribution is -2.60.